The van der Waals surface area contributed by atoms with E-state index in [1.807, 2.05) is 35.2 Å². The van der Waals surface area contributed by atoms with Crippen LogP contribution in [0.25, 0.3) is 0 Å². The molecule has 2 saturated heterocycles. The van der Waals surface area contributed by atoms with Crippen LogP contribution in [0.3, 0.4) is 0 Å². The molecule has 33 heavy (non-hydrogen) atoms. The first-order chi connectivity index (χ1) is 16.0. The second-order valence-corrected chi connectivity index (χ2v) is 8.39. The minimum Gasteiger partial charge on any atom is -0.497 e. The number of methoxy groups -OCH3 is 1. The van der Waals surface area contributed by atoms with Gasteiger partial charge in [0.05, 0.1) is 13.0 Å². The molecule has 2 fully saturated rings. The fourth-order valence-corrected chi connectivity index (χ4v) is 4.31. The standard InChI is InChI=1S/C25H30N4O4/c1-33-22-9-7-19(8-10-22)25(32)28-15-13-27(14-16-28)12-11-26-24(31)20-17-23(30)29(18-20)21-5-3-2-4-6-21/h2-10,20H,11-18H2,1H3,(H,26,31). The van der Waals surface area contributed by atoms with Gasteiger partial charge in [-0.25, -0.2) is 0 Å². The quantitative estimate of drug-likeness (QED) is 0.693. The smallest absolute Gasteiger partial charge is 0.253 e. The lowest BCUT2D eigenvalue weighted by atomic mass is 10.1. The van der Waals surface area contributed by atoms with Crippen LogP contribution in [0.1, 0.15) is 16.8 Å². The zero-order chi connectivity index (χ0) is 23.2. The van der Waals surface area contributed by atoms with Crippen LogP contribution >= 0.6 is 0 Å². The molecule has 0 aromatic heterocycles. The van der Waals surface area contributed by atoms with E-state index in [4.69, 9.17) is 4.74 Å². The Morgan fingerprint density at radius 2 is 1.70 bits per heavy atom. The second-order valence-electron chi connectivity index (χ2n) is 8.39. The first-order valence-corrected chi connectivity index (χ1v) is 11.3. The summed E-state index contributed by atoms with van der Waals surface area (Å²) in [6, 6.07) is 16.6. The van der Waals surface area contributed by atoms with Crippen molar-refractivity contribution in [2.45, 2.75) is 6.42 Å². The van der Waals surface area contributed by atoms with Crippen LogP contribution in [0.2, 0.25) is 0 Å². The van der Waals surface area contributed by atoms with Gasteiger partial charge in [-0.3, -0.25) is 19.3 Å². The summed E-state index contributed by atoms with van der Waals surface area (Å²) in [7, 11) is 1.60. The predicted octanol–water partition coefficient (Wildman–Crippen LogP) is 1.62. The number of nitrogens with zero attached hydrogens (tertiary/aromatic N) is 3. The van der Waals surface area contributed by atoms with E-state index in [1.165, 1.54) is 0 Å². The Morgan fingerprint density at radius 3 is 2.36 bits per heavy atom. The van der Waals surface area contributed by atoms with E-state index >= 15 is 0 Å². The van der Waals surface area contributed by atoms with Crippen LogP contribution < -0.4 is 15.0 Å². The molecule has 8 nitrogen and oxygen atoms in total. The molecule has 3 amide bonds. The SMILES string of the molecule is COc1ccc(C(=O)N2CCN(CCNC(=O)C3CC(=O)N(c4ccccc4)C3)CC2)cc1. The Kier molecular flexibility index (Phi) is 7.24. The Bertz CT molecular complexity index is 972. The molecule has 2 heterocycles. The minimum absolute atomic E-state index is 0.0148. The molecule has 1 unspecified atom stereocenters. The summed E-state index contributed by atoms with van der Waals surface area (Å²) in [5.41, 5.74) is 1.49. The largest absolute Gasteiger partial charge is 0.497 e. The fourth-order valence-electron chi connectivity index (χ4n) is 4.31. The van der Waals surface area contributed by atoms with Crippen molar-refractivity contribution in [2.24, 2.45) is 5.92 Å². The number of piperazine rings is 1. The Labute approximate surface area is 194 Å². The molecule has 0 spiro atoms. The molecular formula is C25H30N4O4. The summed E-state index contributed by atoms with van der Waals surface area (Å²) in [6.45, 7) is 4.51. The van der Waals surface area contributed by atoms with Crippen molar-refractivity contribution in [1.29, 1.82) is 0 Å². The molecule has 1 atom stereocenters. The van der Waals surface area contributed by atoms with Crippen LogP contribution in [0.5, 0.6) is 5.75 Å². The number of hydrogen-bond donors (Lipinski definition) is 1. The van der Waals surface area contributed by atoms with Crippen molar-refractivity contribution >= 4 is 23.4 Å². The number of anilines is 1. The summed E-state index contributed by atoms with van der Waals surface area (Å²) in [5.74, 6) is 0.346. The third kappa shape index (κ3) is 5.51. The normalized spacial score (nSPS) is 18.9. The number of amides is 3. The van der Waals surface area contributed by atoms with E-state index in [9.17, 15) is 14.4 Å². The number of para-hydroxylation sites is 1. The Hall–Kier alpha value is -3.39. The summed E-state index contributed by atoms with van der Waals surface area (Å²) in [5, 5.41) is 2.98. The van der Waals surface area contributed by atoms with Gasteiger partial charge in [-0.2, -0.15) is 0 Å². The van der Waals surface area contributed by atoms with Gasteiger partial charge in [0, 0.05) is 63.5 Å². The number of nitrogens with one attached hydrogen (secondary N) is 1. The summed E-state index contributed by atoms with van der Waals surface area (Å²) in [6.07, 6.45) is 0.243. The van der Waals surface area contributed by atoms with Gasteiger partial charge in [0.15, 0.2) is 0 Å². The van der Waals surface area contributed by atoms with Crippen molar-refractivity contribution in [2.75, 3.05) is 57.8 Å². The molecule has 2 aliphatic rings. The Morgan fingerprint density at radius 1 is 1.00 bits per heavy atom. The van der Waals surface area contributed by atoms with Gasteiger partial charge < -0.3 is 19.9 Å². The molecule has 8 heteroatoms. The first kappa shape index (κ1) is 22.8. The van der Waals surface area contributed by atoms with Gasteiger partial charge in [0.1, 0.15) is 5.75 Å². The van der Waals surface area contributed by atoms with Gasteiger partial charge in [-0.1, -0.05) is 18.2 Å². The van der Waals surface area contributed by atoms with E-state index < -0.39 is 0 Å². The highest BCUT2D eigenvalue weighted by Crippen LogP contribution is 2.24. The molecule has 0 aliphatic carbocycles. The maximum absolute atomic E-state index is 12.7. The van der Waals surface area contributed by atoms with Crippen molar-refractivity contribution < 1.29 is 19.1 Å². The highest BCUT2D eigenvalue weighted by molar-refractivity contribution is 6.00. The van der Waals surface area contributed by atoms with Crippen LogP contribution in [-0.4, -0.2) is 80.4 Å². The Balaban J connectivity index is 1.18. The van der Waals surface area contributed by atoms with Crippen LogP contribution in [0, 0.1) is 5.92 Å². The minimum atomic E-state index is -0.323. The highest BCUT2D eigenvalue weighted by atomic mass is 16.5. The average molecular weight is 451 g/mol. The van der Waals surface area contributed by atoms with E-state index in [2.05, 4.69) is 10.2 Å². The molecule has 2 aromatic carbocycles. The number of rotatable bonds is 7. The van der Waals surface area contributed by atoms with E-state index in [0.717, 1.165) is 31.1 Å². The second kappa shape index (κ2) is 10.5. The maximum Gasteiger partial charge on any atom is 0.253 e. The maximum atomic E-state index is 12.7. The fraction of sp³-hybridized carbons (Fsp3) is 0.400. The van der Waals surface area contributed by atoms with Crippen molar-refractivity contribution in [3.63, 3.8) is 0 Å². The zero-order valence-electron chi connectivity index (χ0n) is 18.9. The summed E-state index contributed by atoms with van der Waals surface area (Å²) < 4.78 is 5.15. The first-order valence-electron chi connectivity index (χ1n) is 11.3. The molecule has 174 valence electrons. The summed E-state index contributed by atoms with van der Waals surface area (Å²) in [4.78, 5) is 43.4. The number of benzene rings is 2. The van der Waals surface area contributed by atoms with E-state index in [1.54, 1.807) is 36.3 Å². The number of carbonyl (C=O) groups is 3. The zero-order valence-corrected chi connectivity index (χ0v) is 18.9. The van der Waals surface area contributed by atoms with Crippen molar-refractivity contribution in [1.82, 2.24) is 15.1 Å². The lowest BCUT2D eigenvalue weighted by Gasteiger charge is -2.34. The van der Waals surface area contributed by atoms with Crippen LogP contribution in [0.15, 0.2) is 54.6 Å². The molecule has 1 N–H and O–H groups in total. The number of hydrogen-bond acceptors (Lipinski definition) is 5. The van der Waals surface area contributed by atoms with E-state index in [-0.39, 0.29) is 30.1 Å². The monoisotopic (exact) mass is 450 g/mol. The van der Waals surface area contributed by atoms with Crippen LogP contribution in [0.4, 0.5) is 5.69 Å². The van der Waals surface area contributed by atoms with Gasteiger partial charge in [0.2, 0.25) is 11.8 Å². The third-order valence-corrected chi connectivity index (χ3v) is 6.29. The summed E-state index contributed by atoms with van der Waals surface area (Å²) >= 11 is 0. The topological polar surface area (TPSA) is 82.2 Å². The van der Waals surface area contributed by atoms with Crippen LogP contribution in [-0.2, 0) is 9.59 Å². The van der Waals surface area contributed by atoms with Crippen molar-refractivity contribution in [3.05, 3.63) is 60.2 Å². The average Bonchev–Trinajstić information content (AvgIpc) is 3.26. The van der Waals surface area contributed by atoms with Gasteiger partial charge >= 0.3 is 0 Å². The number of ether oxygens (including phenoxy) is 1. The lowest BCUT2D eigenvalue weighted by Crippen LogP contribution is -2.50. The van der Waals surface area contributed by atoms with Gasteiger partial charge in [-0.15, -0.1) is 0 Å². The molecule has 0 radical (unpaired) electrons. The lowest BCUT2D eigenvalue weighted by molar-refractivity contribution is -0.126. The van der Waals surface area contributed by atoms with E-state index in [0.29, 0.717) is 31.7 Å². The molecule has 2 aromatic rings. The highest BCUT2D eigenvalue weighted by Gasteiger charge is 2.35. The molecular weight excluding hydrogens is 420 g/mol. The van der Waals surface area contributed by atoms with Crippen molar-refractivity contribution in [3.8, 4) is 5.75 Å². The third-order valence-electron chi connectivity index (χ3n) is 6.29. The number of carbonyl (C=O) groups excluding carboxylic acids is 3. The molecule has 2 aliphatic heterocycles. The molecule has 0 saturated carbocycles. The van der Waals surface area contributed by atoms with Gasteiger partial charge in [0.25, 0.3) is 5.91 Å². The molecule has 0 bridgehead atoms. The van der Waals surface area contributed by atoms with Gasteiger partial charge in [-0.05, 0) is 36.4 Å². The molecule has 4 rings (SSSR count). The predicted molar refractivity (Wildman–Crippen MR) is 125 cm³/mol.